The average molecular weight is 369 g/mol. The van der Waals surface area contributed by atoms with Crippen LogP contribution in [0, 0.1) is 17.7 Å². The van der Waals surface area contributed by atoms with E-state index in [4.69, 9.17) is 0 Å². The zero-order chi connectivity index (χ0) is 20.4. The van der Waals surface area contributed by atoms with E-state index in [1.165, 1.54) is 18.4 Å². The number of rotatable bonds is 9. The Hall–Kier alpha value is -1.89. The van der Waals surface area contributed by atoms with Crippen molar-refractivity contribution in [2.75, 3.05) is 0 Å². The van der Waals surface area contributed by atoms with Crippen molar-refractivity contribution in [2.45, 2.75) is 67.2 Å². The second-order valence-electron chi connectivity index (χ2n) is 7.79. The molecule has 148 valence electrons. The van der Waals surface area contributed by atoms with Gasteiger partial charge in [0.15, 0.2) is 0 Å². The number of hydrogen-bond acceptors (Lipinski definition) is 0. The Morgan fingerprint density at radius 3 is 2.19 bits per heavy atom. The minimum absolute atomic E-state index is 0.0436. The SMILES string of the molecule is C/C=C\C(=C/C)c1ccc(C(C)/C=C\C(=C/C)C(C)CCC(C)C)c(F)c1. The molecule has 0 radical (unpaired) electrons. The Bertz CT molecular complexity index is 701. The van der Waals surface area contributed by atoms with Crippen LogP contribution in [-0.2, 0) is 0 Å². The summed E-state index contributed by atoms with van der Waals surface area (Å²) in [6.45, 7) is 14.9. The van der Waals surface area contributed by atoms with Gasteiger partial charge in [-0.3, -0.25) is 0 Å². The maximum absolute atomic E-state index is 14.7. The van der Waals surface area contributed by atoms with Crippen molar-refractivity contribution in [3.8, 4) is 0 Å². The standard InChI is InChI=1S/C26H37F/c1-8-11-23(10-3)24-16-17-25(26(27)18-24)21(7)14-15-22(9-2)20(6)13-12-19(4)5/h8-11,14-21H,12-13H2,1-7H3/b11-8-,15-14-,22-9+,23-10+. The molecule has 0 fully saturated rings. The van der Waals surface area contributed by atoms with E-state index >= 15 is 0 Å². The molecule has 1 aromatic carbocycles. The lowest BCUT2D eigenvalue weighted by molar-refractivity contribution is 0.493. The predicted molar refractivity (Wildman–Crippen MR) is 119 cm³/mol. The summed E-state index contributed by atoms with van der Waals surface area (Å²) in [4.78, 5) is 0. The van der Waals surface area contributed by atoms with Gasteiger partial charge in [-0.25, -0.2) is 4.39 Å². The lowest BCUT2D eigenvalue weighted by Gasteiger charge is -2.15. The Balaban J connectivity index is 2.92. The molecule has 0 N–H and O–H groups in total. The van der Waals surface area contributed by atoms with Gasteiger partial charge in [0.2, 0.25) is 0 Å². The summed E-state index contributed by atoms with van der Waals surface area (Å²) in [6.07, 6.45) is 14.9. The average Bonchev–Trinajstić information content (AvgIpc) is 2.64. The van der Waals surface area contributed by atoms with Gasteiger partial charge in [-0.05, 0) is 67.4 Å². The van der Waals surface area contributed by atoms with Crippen LogP contribution in [0.2, 0.25) is 0 Å². The Morgan fingerprint density at radius 2 is 1.67 bits per heavy atom. The third kappa shape index (κ3) is 7.33. The van der Waals surface area contributed by atoms with E-state index in [9.17, 15) is 4.39 Å². The Labute approximate surface area is 166 Å². The van der Waals surface area contributed by atoms with Crippen molar-refractivity contribution in [2.24, 2.45) is 11.8 Å². The van der Waals surface area contributed by atoms with Crippen LogP contribution in [-0.4, -0.2) is 0 Å². The molecule has 2 atom stereocenters. The van der Waals surface area contributed by atoms with E-state index in [2.05, 4.69) is 52.8 Å². The molecule has 0 nitrogen and oxygen atoms in total. The molecule has 27 heavy (non-hydrogen) atoms. The monoisotopic (exact) mass is 368 g/mol. The lowest BCUT2D eigenvalue weighted by atomic mass is 9.90. The van der Waals surface area contributed by atoms with Gasteiger partial charge in [0.25, 0.3) is 0 Å². The fourth-order valence-corrected chi connectivity index (χ4v) is 3.27. The van der Waals surface area contributed by atoms with Crippen molar-refractivity contribution in [3.05, 3.63) is 77.2 Å². The van der Waals surface area contributed by atoms with Crippen LogP contribution in [0.4, 0.5) is 4.39 Å². The second-order valence-corrected chi connectivity index (χ2v) is 7.79. The first kappa shape index (κ1) is 23.1. The Kier molecular flexibility index (Phi) is 10.1. The molecule has 0 aliphatic heterocycles. The fraction of sp³-hybridized carbons (Fsp3) is 0.462. The summed E-state index contributed by atoms with van der Waals surface area (Å²) in [5.74, 6) is 1.17. The molecular formula is C26H37F. The first-order chi connectivity index (χ1) is 12.8. The quantitative estimate of drug-likeness (QED) is 0.383. The first-order valence-corrected chi connectivity index (χ1v) is 10.3. The molecular weight excluding hydrogens is 331 g/mol. The summed E-state index contributed by atoms with van der Waals surface area (Å²) in [5.41, 5.74) is 4.05. The topological polar surface area (TPSA) is 0 Å². The number of allylic oxidation sites excluding steroid dienone is 8. The van der Waals surface area contributed by atoms with E-state index in [0.717, 1.165) is 22.6 Å². The molecule has 2 unspecified atom stereocenters. The van der Waals surface area contributed by atoms with Gasteiger partial charge in [-0.15, -0.1) is 0 Å². The molecule has 0 aromatic heterocycles. The molecule has 1 rings (SSSR count). The van der Waals surface area contributed by atoms with E-state index in [-0.39, 0.29) is 11.7 Å². The summed E-state index contributed by atoms with van der Waals surface area (Å²) < 4.78 is 14.7. The van der Waals surface area contributed by atoms with Gasteiger partial charge < -0.3 is 0 Å². The summed E-state index contributed by atoms with van der Waals surface area (Å²) in [7, 11) is 0. The van der Waals surface area contributed by atoms with Gasteiger partial charge in [0.05, 0.1) is 0 Å². The normalized spacial score (nSPS) is 15.9. The van der Waals surface area contributed by atoms with Crippen LogP contribution >= 0.6 is 0 Å². The van der Waals surface area contributed by atoms with Crippen molar-refractivity contribution >= 4 is 5.57 Å². The van der Waals surface area contributed by atoms with Crippen LogP contribution in [0.1, 0.15) is 78.4 Å². The summed E-state index contributed by atoms with van der Waals surface area (Å²) in [6, 6.07) is 5.58. The molecule has 1 heteroatoms. The number of halogens is 1. The zero-order valence-corrected chi connectivity index (χ0v) is 18.2. The van der Waals surface area contributed by atoms with E-state index in [0.29, 0.717) is 5.92 Å². The minimum atomic E-state index is -0.136. The highest BCUT2D eigenvalue weighted by atomic mass is 19.1. The molecule has 0 bridgehead atoms. The molecule has 0 spiro atoms. The van der Waals surface area contributed by atoms with Gasteiger partial charge >= 0.3 is 0 Å². The van der Waals surface area contributed by atoms with E-state index in [1.54, 1.807) is 6.07 Å². The molecule has 1 aromatic rings. The minimum Gasteiger partial charge on any atom is -0.207 e. The fourth-order valence-electron chi connectivity index (χ4n) is 3.27. The van der Waals surface area contributed by atoms with Crippen molar-refractivity contribution in [3.63, 3.8) is 0 Å². The molecule has 0 saturated heterocycles. The summed E-state index contributed by atoms with van der Waals surface area (Å²) in [5, 5.41) is 0. The highest BCUT2D eigenvalue weighted by molar-refractivity contribution is 5.73. The van der Waals surface area contributed by atoms with Gasteiger partial charge in [-0.2, -0.15) is 0 Å². The van der Waals surface area contributed by atoms with Crippen LogP contribution in [0.15, 0.2) is 60.2 Å². The van der Waals surface area contributed by atoms with Crippen LogP contribution in [0.3, 0.4) is 0 Å². The van der Waals surface area contributed by atoms with E-state index < -0.39 is 0 Å². The maximum atomic E-state index is 14.7. The third-order valence-corrected chi connectivity index (χ3v) is 5.14. The molecule has 0 saturated carbocycles. The number of benzene rings is 1. The van der Waals surface area contributed by atoms with Crippen molar-refractivity contribution in [1.82, 2.24) is 0 Å². The molecule has 0 amide bonds. The zero-order valence-electron chi connectivity index (χ0n) is 18.2. The largest absolute Gasteiger partial charge is 0.207 e. The second kappa shape index (κ2) is 11.7. The maximum Gasteiger partial charge on any atom is 0.127 e. The lowest BCUT2D eigenvalue weighted by Crippen LogP contribution is -2.01. The number of hydrogen-bond donors (Lipinski definition) is 0. The Morgan fingerprint density at radius 1 is 0.963 bits per heavy atom. The van der Waals surface area contributed by atoms with Crippen LogP contribution < -0.4 is 0 Å². The smallest absolute Gasteiger partial charge is 0.127 e. The van der Waals surface area contributed by atoms with Crippen molar-refractivity contribution < 1.29 is 4.39 Å². The molecule has 0 heterocycles. The van der Waals surface area contributed by atoms with Crippen LogP contribution in [0.5, 0.6) is 0 Å². The molecule has 0 aliphatic carbocycles. The predicted octanol–water partition coefficient (Wildman–Crippen LogP) is 8.48. The van der Waals surface area contributed by atoms with Gasteiger partial charge in [0, 0.05) is 5.92 Å². The highest BCUT2D eigenvalue weighted by Gasteiger charge is 2.11. The third-order valence-electron chi connectivity index (χ3n) is 5.14. The van der Waals surface area contributed by atoms with Gasteiger partial charge in [0.1, 0.15) is 5.82 Å². The van der Waals surface area contributed by atoms with Gasteiger partial charge in [-0.1, -0.05) is 82.7 Å². The molecule has 0 aliphatic rings. The highest BCUT2D eigenvalue weighted by Crippen LogP contribution is 2.27. The van der Waals surface area contributed by atoms with E-state index in [1.807, 2.05) is 44.2 Å². The van der Waals surface area contributed by atoms with Crippen LogP contribution in [0.25, 0.3) is 5.57 Å². The van der Waals surface area contributed by atoms with Crippen molar-refractivity contribution in [1.29, 1.82) is 0 Å². The summed E-state index contributed by atoms with van der Waals surface area (Å²) >= 11 is 0. The first-order valence-electron chi connectivity index (χ1n) is 10.3.